The summed E-state index contributed by atoms with van der Waals surface area (Å²) >= 11 is 0. The van der Waals surface area contributed by atoms with Gasteiger partial charge in [0, 0.05) is 31.7 Å². The van der Waals surface area contributed by atoms with Crippen LogP contribution in [0.3, 0.4) is 0 Å². The van der Waals surface area contributed by atoms with E-state index in [-0.39, 0.29) is 0 Å². The third kappa shape index (κ3) is 4.17. The standard InChI is InChI=1S/C14H24N2O/c1-2-3-13-4-7-16(11-13)8-6-15-10-14-5-9-17-12-14/h5,9,12-13,15H,2-4,6-8,10-11H2,1H3. The Morgan fingerprint density at radius 2 is 2.47 bits per heavy atom. The van der Waals surface area contributed by atoms with Crippen LogP contribution in [0.4, 0.5) is 0 Å². The summed E-state index contributed by atoms with van der Waals surface area (Å²) in [7, 11) is 0. The highest BCUT2D eigenvalue weighted by molar-refractivity contribution is 5.04. The molecule has 0 aliphatic carbocycles. The summed E-state index contributed by atoms with van der Waals surface area (Å²) in [5.41, 5.74) is 1.23. The predicted octanol–water partition coefficient (Wildman–Crippen LogP) is 2.49. The van der Waals surface area contributed by atoms with Crippen molar-refractivity contribution in [2.45, 2.75) is 32.7 Å². The minimum absolute atomic E-state index is 0.919. The Morgan fingerprint density at radius 1 is 1.53 bits per heavy atom. The zero-order valence-electron chi connectivity index (χ0n) is 10.8. The quantitative estimate of drug-likeness (QED) is 0.737. The summed E-state index contributed by atoms with van der Waals surface area (Å²) in [5.74, 6) is 0.953. The van der Waals surface area contributed by atoms with E-state index < -0.39 is 0 Å². The Labute approximate surface area is 104 Å². The topological polar surface area (TPSA) is 28.4 Å². The molecule has 1 atom stereocenters. The Hall–Kier alpha value is -0.800. The van der Waals surface area contributed by atoms with Crippen LogP contribution >= 0.6 is 0 Å². The molecule has 0 aromatic carbocycles. The van der Waals surface area contributed by atoms with Crippen LogP contribution in [0.2, 0.25) is 0 Å². The van der Waals surface area contributed by atoms with E-state index in [1.54, 1.807) is 12.5 Å². The highest BCUT2D eigenvalue weighted by Gasteiger charge is 2.20. The minimum Gasteiger partial charge on any atom is -0.472 e. The summed E-state index contributed by atoms with van der Waals surface area (Å²) in [6.45, 7) is 8.05. The Bertz CT molecular complexity index is 297. The van der Waals surface area contributed by atoms with E-state index in [0.29, 0.717) is 0 Å². The minimum atomic E-state index is 0.919. The fourth-order valence-electron chi connectivity index (χ4n) is 2.62. The Kier molecular flexibility index (Phi) is 5.08. The largest absolute Gasteiger partial charge is 0.472 e. The van der Waals surface area contributed by atoms with Gasteiger partial charge in [0.2, 0.25) is 0 Å². The fraction of sp³-hybridized carbons (Fsp3) is 0.714. The van der Waals surface area contributed by atoms with Gasteiger partial charge in [0.25, 0.3) is 0 Å². The normalized spacial score (nSPS) is 21.1. The molecule has 1 aliphatic rings. The summed E-state index contributed by atoms with van der Waals surface area (Å²) in [6, 6.07) is 2.01. The number of hydrogen-bond donors (Lipinski definition) is 1. The molecule has 1 unspecified atom stereocenters. The van der Waals surface area contributed by atoms with Crippen LogP contribution in [-0.2, 0) is 6.54 Å². The lowest BCUT2D eigenvalue weighted by Crippen LogP contribution is -2.30. The molecule has 0 spiro atoms. The van der Waals surface area contributed by atoms with Crippen molar-refractivity contribution in [3.8, 4) is 0 Å². The number of furan rings is 1. The molecule has 0 radical (unpaired) electrons. The van der Waals surface area contributed by atoms with Crippen molar-refractivity contribution in [2.24, 2.45) is 5.92 Å². The van der Waals surface area contributed by atoms with Crippen molar-refractivity contribution in [1.82, 2.24) is 10.2 Å². The molecule has 3 heteroatoms. The van der Waals surface area contributed by atoms with E-state index in [1.807, 2.05) is 6.07 Å². The molecule has 2 heterocycles. The van der Waals surface area contributed by atoms with Crippen molar-refractivity contribution in [3.63, 3.8) is 0 Å². The van der Waals surface area contributed by atoms with Gasteiger partial charge in [-0.05, 0) is 31.4 Å². The molecular weight excluding hydrogens is 212 g/mol. The number of nitrogens with one attached hydrogen (secondary N) is 1. The van der Waals surface area contributed by atoms with E-state index in [4.69, 9.17) is 4.42 Å². The molecule has 1 fully saturated rings. The van der Waals surface area contributed by atoms with Crippen molar-refractivity contribution < 1.29 is 4.42 Å². The molecule has 1 saturated heterocycles. The molecule has 0 amide bonds. The first-order valence-corrected chi connectivity index (χ1v) is 6.82. The SMILES string of the molecule is CCCC1CCN(CCNCc2ccoc2)C1. The van der Waals surface area contributed by atoms with Gasteiger partial charge < -0.3 is 14.6 Å². The fourth-order valence-corrected chi connectivity index (χ4v) is 2.62. The maximum atomic E-state index is 5.04. The second-order valence-electron chi connectivity index (χ2n) is 5.05. The first kappa shape index (κ1) is 12.7. The van der Waals surface area contributed by atoms with E-state index >= 15 is 0 Å². The number of nitrogens with zero attached hydrogens (tertiary/aromatic N) is 1. The van der Waals surface area contributed by atoms with Gasteiger partial charge in [0.15, 0.2) is 0 Å². The smallest absolute Gasteiger partial charge is 0.0947 e. The maximum absolute atomic E-state index is 5.04. The summed E-state index contributed by atoms with van der Waals surface area (Å²) in [6.07, 6.45) is 7.67. The van der Waals surface area contributed by atoms with E-state index in [2.05, 4.69) is 17.1 Å². The first-order chi connectivity index (χ1) is 8.38. The first-order valence-electron chi connectivity index (χ1n) is 6.82. The zero-order chi connectivity index (χ0) is 11.9. The van der Waals surface area contributed by atoms with Gasteiger partial charge in [-0.15, -0.1) is 0 Å². The van der Waals surface area contributed by atoms with Crippen molar-refractivity contribution in [2.75, 3.05) is 26.2 Å². The molecule has 1 aromatic rings. The average Bonchev–Trinajstić information content (AvgIpc) is 2.96. The lowest BCUT2D eigenvalue weighted by atomic mass is 10.0. The van der Waals surface area contributed by atoms with Crippen LogP contribution in [0.25, 0.3) is 0 Å². The molecule has 1 aliphatic heterocycles. The lowest BCUT2D eigenvalue weighted by Gasteiger charge is -2.16. The van der Waals surface area contributed by atoms with Crippen molar-refractivity contribution >= 4 is 0 Å². The van der Waals surface area contributed by atoms with Gasteiger partial charge >= 0.3 is 0 Å². The van der Waals surface area contributed by atoms with Crippen LogP contribution in [-0.4, -0.2) is 31.1 Å². The van der Waals surface area contributed by atoms with E-state index in [0.717, 1.165) is 19.0 Å². The number of hydrogen-bond acceptors (Lipinski definition) is 3. The molecule has 17 heavy (non-hydrogen) atoms. The van der Waals surface area contributed by atoms with E-state index in [9.17, 15) is 0 Å². The monoisotopic (exact) mass is 236 g/mol. The molecule has 2 rings (SSSR count). The van der Waals surface area contributed by atoms with Gasteiger partial charge in [-0.25, -0.2) is 0 Å². The summed E-state index contributed by atoms with van der Waals surface area (Å²) in [5, 5.41) is 3.46. The van der Waals surface area contributed by atoms with Crippen molar-refractivity contribution in [1.29, 1.82) is 0 Å². The Morgan fingerprint density at radius 3 is 3.24 bits per heavy atom. The van der Waals surface area contributed by atoms with E-state index in [1.165, 1.54) is 44.5 Å². The summed E-state index contributed by atoms with van der Waals surface area (Å²) in [4.78, 5) is 2.59. The molecule has 0 saturated carbocycles. The molecule has 0 bridgehead atoms. The van der Waals surface area contributed by atoms with Gasteiger partial charge in [-0.2, -0.15) is 0 Å². The van der Waals surface area contributed by atoms with Gasteiger partial charge in [0.1, 0.15) is 0 Å². The average molecular weight is 236 g/mol. The second kappa shape index (κ2) is 6.82. The lowest BCUT2D eigenvalue weighted by molar-refractivity contribution is 0.318. The van der Waals surface area contributed by atoms with Crippen LogP contribution < -0.4 is 5.32 Å². The second-order valence-corrected chi connectivity index (χ2v) is 5.05. The van der Waals surface area contributed by atoms with Gasteiger partial charge in [-0.3, -0.25) is 0 Å². The van der Waals surface area contributed by atoms with Crippen LogP contribution in [0.15, 0.2) is 23.0 Å². The van der Waals surface area contributed by atoms with Gasteiger partial charge in [0.05, 0.1) is 12.5 Å². The highest BCUT2D eigenvalue weighted by Crippen LogP contribution is 2.19. The predicted molar refractivity (Wildman–Crippen MR) is 69.9 cm³/mol. The number of likely N-dealkylation sites (tertiary alicyclic amines) is 1. The Balaban J connectivity index is 1.54. The third-order valence-corrected chi connectivity index (χ3v) is 3.58. The molecule has 1 aromatic heterocycles. The van der Waals surface area contributed by atoms with Gasteiger partial charge in [-0.1, -0.05) is 13.3 Å². The van der Waals surface area contributed by atoms with Crippen molar-refractivity contribution in [3.05, 3.63) is 24.2 Å². The molecule has 3 nitrogen and oxygen atoms in total. The summed E-state index contributed by atoms with van der Waals surface area (Å²) < 4.78 is 5.04. The van der Waals surface area contributed by atoms with Crippen LogP contribution in [0.1, 0.15) is 31.7 Å². The molecule has 1 N–H and O–H groups in total. The molecular formula is C14H24N2O. The number of rotatable bonds is 7. The highest BCUT2D eigenvalue weighted by atomic mass is 16.3. The molecule has 96 valence electrons. The van der Waals surface area contributed by atoms with Crippen LogP contribution in [0, 0.1) is 5.92 Å². The third-order valence-electron chi connectivity index (χ3n) is 3.58. The zero-order valence-corrected chi connectivity index (χ0v) is 10.8. The maximum Gasteiger partial charge on any atom is 0.0947 e. The van der Waals surface area contributed by atoms with Crippen LogP contribution in [0.5, 0.6) is 0 Å².